The van der Waals surface area contributed by atoms with E-state index in [9.17, 15) is 19.8 Å². The number of rotatable bonds is 8. The number of hydrogen-bond acceptors (Lipinski definition) is 6. The van der Waals surface area contributed by atoms with Gasteiger partial charge in [0.15, 0.2) is 0 Å². The number of nitrogens with zero attached hydrogens (tertiary/aromatic N) is 1. The molecular formula is C26H40N2O5. The fourth-order valence-electron chi connectivity index (χ4n) is 4.87. The summed E-state index contributed by atoms with van der Waals surface area (Å²) in [6.07, 6.45) is 5.94. The van der Waals surface area contributed by atoms with Gasteiger partial charge >= 0.3 is 5.97 Å². The number of esters is 1. The van der Waals surface area contributed by atoms with Crippen molar-refractivity contribution >= 4 is 11.9 Å². The molecular weight excluding hydrogens is 420 g/mol. The van der Waals surface area contributed by atoms with E-state index in [1.165, 1.54) is 6.07 Å². The van der Waals surface area contributed by atoms with Crippen molar-refractivity contribution < 1.29 is 24.5 Å². The maximum atomic E-state index is 13.0. The Kier molecular flexibility index (Phi) is 8.63. The highest BCUT2D eigenvalue weighted by atomic mass is 16.5. The zero-order valence-electron chi connectivity index (χ0n) is 20.5. The van der Waals surface area contributed by atoms with E-state index in [1.54, 1.807) is 11.0 Å². The molecule has 0 radical (unpaired) electrons. The zero-order valence-corrected chi connectivity index (χ0v) is 20.5. The molecule has 1 aromatic carbocycles. The van der Waals surface area contributed by atoms with Crippen LogP contribution in [0, 0.1) is 11.8 Å². The second kappa shape index (κ2) is 11.2. The van der Waals surface area contributed by atoms with Crippen LogP contribution < -0.4 is 5.32 Å². The molecule has 1 atom stereocenters. The van der Waals surface area contributed by atoms with Crippen molar-refractivity contribution in [3.05, 3.63) is 23.3 Å². The van der Waals surface area contributed by atoms with Crippen LogP contribution in [-0.2, 0) is 9.53 Å². The SMILES string of the molecule is CC(C)c1cc(C(=O)N2CCC(CN[C@H](C(=O)OC3CCCC3)C(C)C)CC2)c(O)cc1O. The van der Waals surface area contributed by atoms with Gasteiger partial charge in [0.1, 0.15) is 23.6 Å². The maximum absolute atomic E-state index is 13.0. The predicted octanol–water partition coefficient (Wildman–Crippen LogP) is 4.17. The molecule has 1 heterocycles. The summed E-state index contributed by atoms with van der Waals surface area (Å²) in [5.74, 6) is 0.0289. The van der Waals surface area contributed by atoms with Gasteiger partial charge in [0.25, 0.3) is 5.91 Å². The number of phenols is 2. The lowest BCUT2D eigenvalue weighted by atomic mass is 9.94. The lowest BCUT2D eigenvalue weighted by Gasteiger charge is -2.33. The molecule has 3 rings (SSSR count). The monoisotopic (exact) mass is 460 g/mol. The Labute approximate surface area is 197 Å². The molecule has 1 saturated heterocycles. The summed E-state index contributed by atoms with van der Waals surface area (Å²) in [5.41, 5.74) is 0.891. The molecule has 0 unspecified atom stereocenters. The first-order chi connectivity index (χ1) is 15.7. The summed E-state index contributed by atoms with van der Waals surface area (Å²) < 4.78 is 5.72. The minimum absolute atomic E-state index is 0.00926. The van der Waals surface area contributed by atoms with Crippen molar-refractivity contribution in [1.29, 1.82) is 0 Å². The highest BCUT2D eigenvalue weighted by Crippen LogP contribution is 2.33. The highest BCUT2D eigenvalue weighted by Gasteiger charge is 2.30. The second-order valence-electron chi connectivity index (χ2n) is 10.3. The topological polar surface area (TPSA) is 99.1 Å². The molecule has 1 aliphatic heterocycles. The first kappa shape index (κ1) is 25.3. The van der Waals surface area contributed by atoms with Crippen LogP contribution in [-0.4, -0.2) is 58.8 Å². The minimum Gasteiger partial charge on any atom is -0.508 e. The van der Waals surface area contributed by atoms with Gasteiger partial charge in [0, 0.05) is 19.2 Å². The predicted molar refractivity (Wildman–Crippen MR) is 127 cm³/mol. The Balaban J connectivity index is 1.52. The molecule has 0 spiro atoms. The van der Waals surface area contributed by atoms with E-state index in [-0.39, 0.29) is 52.9 Å². The summed E-state index contributed by atoms with van der Waals surface area (Å²) in [6.45, 7) is 9.85. The van der Waals surface area contributed by atoms with Crippen LogP contribution in [0.2, 0.25) is 0 Å². The fraction of sp³-hybridized carbons (Fsp3) is 0.692. The number of nitrogens with one attached hydrogen (secondary N) is 1. The smallest absolute Gasteiger partial charge is 0.323 e. The molecule has 1 aromatic rings. The van der Waals surface area contributed by atoms with E-state index in [2.05, 4.69) is 5.32 Å². The van der Waals surface area contributed by atoms with Crippen LogP contribution >= 0.6 is 0 Å². The average Bonchev–Trinajstić information content (AvgIpc) is 3.26. The summed E-state index contributed by atoms with van der Waals surface area (Å²) in [7, 11) is 0. The third-order valence-electron chi connectivity index (χ3n) is 7.03. The van der Waals surface area contributed by atoms with E-state index >= 15 is 0 Å². The molecule has 3 N–H and O–H groups in total. The number of aromatic hydroxyl groups is 2. The lowest BCUT2D eigenvalue weighted by Crippen LogP contribution is -2.47. The van der Waals surface area contributed by atoms with Gasteiger partial charge in [-0.2, -0.15) is 0 Å². The van der Waals surface area contributed by atoms with Crippen LogP contribution in [0.3, 0.4) is 0 Å². The molecule has 33 heavy (non-hydrogen) atoms. The maximum Gasteiger partial charge on any atom is 0.323 e. The zero-order chi connectivity index (χ0) is 24.1. The molecule has 0 aromatic heterocycles. The van der Waals surface area contributed by atoms with Crippen molar-refractivity contribution in [1.82, 2.24) is 10.2 Å². The average molecular weight is 461 g/mol. The summed E-state index contributed by atoms with van der Waals surface area (Å²) >= 11 is 0. The largest absolute Gasteiger partial charge is 0.508 e. The number of phenolic OH excluding ortho intramolecular Hbond substituents is 2. The summed E-state index contributed by atoms with van der Waals surface area (Å²) in [4.78, 5) is 27.5. The Morgan fingerprint density at radius 1 is 1.03 bits per heavy atom. The quantitative estimate of drug-likeness (QED) is 0.504. The van der Waals surface area contributed by atoms with Gasteiger partial charge in [0.05, 0.1) is 5.56 Å². The van der Waals surface area contributed by atoms with E-state index in [1.807, 2.05) is 27.7 Å². The Hall–Kier alpha value is -2.28. The first-order valence-electron chi connectivity index (χ1n) is 12.5. The van der Waals surface area contributed by atoms with E-state index in [0.717, 1.165) is 38.5 Å². The molecule has 184 valence electrons. The van der Waals surface area contributed by atoms with Crippen molar-refractivity contribution in [3.8, 4) is 11.5 Å². The number of benzene rings is 1. The molecule has 1 aliphatic carbocycles. The number of carbonyl (C=O) groups is 2. The number of hydrogen-bond donors (Lipinski definition) is 3. The summed E-state index contributed by atoms with van der Waals surface area (Å²) in [5, 5.41) is 23.7. The van der Waals surface area contributed by atoms with Crippen LogP contribution in [0.5, 0.6) is 11.5 Å². The number of piperidine rings is 1. The fourth-order valence-corrected chi connectivity index (χ4v) is 4.87. The molecule has 0 bridgehead atoms. The Morgan fingerprint density at radius 2 is 1.67 bits per heavy atom. The van der Waals surface area contributed by atoms with Gasteiger partial charge in [-0.3, -0.25) is 9.59 Å². The van der Waals surface area contributed by atoms with Gasteiger partial charge in [-0.15, -0.1) is 0 Å². The van der Waals surface area contributed by atoms with Crippen LogP contribution in [0.1, 0.15) is 88.1 Å². The number of ether oxygens (including phenoxy) is 1. The number of amides is 1. The molecule has 7 nitrogen and oxygen atoms in total. The standard InChI is InChI=1S/C26H40N2O5/c1-16(2)20-13-21(23(30)14-22(20)29)25(31)28-11-9-18(10-12-28)15-27-24(17(3)4)26(32)33-19-7-5-6-8-19/h13-14,16-19,24,27,29-30H,5-12,15H2,1-4H3/t24-/m0/s1. The molecule has 2 aliphatic rings. The Morgan fingerprint density at radius 3 is 2.24 bits per heavy atom. The van der Waals surface area contributed by atoms with Gasteiger partial charge in [-0.05, 0) is 74.5 Å². The lowest BCUT2D eigenvalue weighted by molar-refractivity contribution is -0.152. The van der Waals surface area contributed by atoms with Crippen molar-refractivity contribution in [2.75, 3.05) is 19.6 Å². The third-order valence-corrected chi connectivity index (χ3v) is 7.03. The van der Waals surface area contributed by atoms with Crippen LogP contribution in [0.15, 0.2) is 12.1 Å². The van der Waals surface area contributed by atoms with Gasteiger partial charge in [-0.25, -0.2) is 0 Å². The summed E-state index contributed by atoms with van der Waals surface area (Å²) in [6, 6.07) is 2.55. The normalized spacial score (nSPS) is 18.8. The van der Waals surface area contributed by atoms with Gasteiger partial charge in [-0.1, -0.05) is 27.7 Å². The Bertz CT molecular complexity index is 824. The molecule has 7 heteroatoms. The highest BCUT2D eigenvalue weighted by molar-refractivity contribution is 5.97. The van der Waals surface area contributed by atoms with Gasteiger partial charge < -0.3 is 25.2 Å². The van der Waals surface area contributed by atoms with Gasteiger partial charge in [0.2, 0.25) is 0 Å². The van der Waals surface area contributed by atoms with Crippen molar-refractivity contribution in [3.63, 3.8) is 0 Å². The molecule has 1 amide bonds. The molecule has 1 saturated carbocycles. The van der Waals surface area contributed by atoms with E-state index in [0.29, 0.717) is 31.1 Å². The number of carbonyl (C=O) groups excluding carboxylic acids is 2. The van der Waals surface area contributed by atoms with Crippen LogP contribution in [0.4, 0.5) is 0 Å². The van der Waals surface area contributed by atoms with E-state index < -0.39 is 0 Å². The minimum atomic E-state index is -0.311. The van der Waals surface area contributed by atoms with Crippen molar-refractivity contribution in [2.24, 2.45) is 11.8 Å². The van der Waals surface area contributed by atoms with E-state index in [4.69, 9.17) is 4.74 Å². The number of likely N-dealkylation sites (tertiary alicyclic amines) is 1. The third kappa shape index (κ3) is 6.40. The molecule has 2 fully saturated rings. The second-order valence-corrected chi connectivity index (χ2v) is 10.3. The van der Waals surface area contributed by atoms with Crippen molar-refractivity contribution in [2.45, 2.75) is 84.3 Å². The van der Waals surface area contributed by atoms with Crippen LogP contribution in [0.25, 0.3) is 0 Å². The first-order valence-corrected chi connectivity index (χ1v) is 12.5.